The third kappa shape index (κ3) is 2.64. The van der Waals surface area contributed by atoms with Crippen LogP contribution in [0.2, 0.25) is 0 Å². The smallest absolute Gasteiger partial charge is 0.311 e. The van der Waals surface area contributed by atoms with Crippen LogP contribution in [-0.2, 0) is 16.0 Å². The van der Waals surface area contributed by atoms with Gasteiger partial charge in [-0.05, 0) is 18.8 Å². The Hall–Kier alpha value is -1.21. The molecule has 1 aliphatic carbocycles. The van der Waals surface area contributed by atoms with Gasteiger partial charge in [0.15, 0.2) is 0 Å². The molecule has 7 heteroatoms. The van der Waals surface area contributed by atoms with Crippen molar-refractivity contribution in [3.63, 3.8) is 0 Å². The molecule has 2 heterocycles. The van der Waals surface area contributed by atoms with Gasteiger partial charge in [-0.3, -0.25) is 4.79 Å². The monoisotopic (exact) mass is 311 g/mol. The minimum absolute atomic E-state index is 0.245. The fraction of sp³-hybridized carbons (Fsp3) is 0.786. The van der Waals surface area contributed by atoms with Crippen molar-refractivity contribution in [1.82, 2.24) is 9.36 Å². The lowest BCUT2D eigenvalue weighted by molar-refractivity contribution is -0.152. The summed E-state index contributed by atoms with van der Waals surface area (Å²) >= 11 is 1.37. The van der Waals surface area contributed by atoms with Crippen LogP contribution < -0.4 is 4.90 Å². The highest BCUT2D eigenvalue weighted by molar-refractivity contribution is 7.09. The Morgan fingerprint density at radius 2 is 2.43 bits per heavy atom. The van der Waals surface area contributed by atoms with Gasteiger partial charge in [-0.15, -0.1) is 0 Å². The molecule has 3 rings (SSSR count). The van der Waals surface area contributed by atoms with Crippen molar-refractivity contribution in [1.29, 1.82) is 0 Å². The van der Waals surface area contributed by atoms with Crippen LogP contribution in [-0.4, -0.2) is 47.2 Å². The maximum atomic E-state index is 11.8. The maximum absolute atomic E-state index is 11.8. The van der Waals surface area contributed by atoms with E-state index in [-0.39, 0.29) is 5.92 Å². The van der Waals surface area contributed by atoms with Crippen molar-refractivity contribution in [2.75, 3.05) is 31.7 Å². The minimum atomic E-state index is -0.640. The summed E-state index contributed by atoms with van der Waals surface area (Å²) in [6.07, 6.45) is 4.67. The van der Waals surface area contributed by atoms with Crippen LogP contribution in [0.15, 0.2) is 0 Å². The maximum Gasteiger partial charge on any atom is 0.311 e. The number of carboxylic acids is 1. The lowest BCUT2D eigenvalue weighted by Gasteiger charge is -2.34. The summed E-state index contributed by atoms with van der Waals surface area (Å²) in [4.78, 5) is 18.5. The number of ether oxygens (including phenoxy) is 1. The van der Waals surface area contributed by atoms with E-state index in [9.17, 15) is 9.90 Å². The molecule has 0 spiro atoms. The summed E-state index contributed by atoms with van der Waals surface area (Å²) in [5.41, 5.74) is -0.573. The number of aliphatic carboxylic acids is 1. The zero-order valence-corrected chi connectivity index (χ0v) is 13.1. The Morgan fingerprint density at radius 1 is 1.57 bits per heavy atom. The second kappa shape index (κ2) is 5.88. The molecule has 2 aliphatic rings. The summed E-state index contributed by atoms with van der Waals surface area (Å²) in [6.45, 7) is 1.98. The quantitative estimate of drug-likeness (QED) is 0.894. The fourth-order valence-corrected chi connectivity index (χ4v) is 4.34. The molecule has 2 atom stereocenters. The Morgan fingerprint density at radius 3 is 3.14 bits per heavy atom. The Labute approximate surface area is 128 Å². The molecule has 2 fully saturated rings. The average Bonchev–Trinajstić information content (AvgIpc) is 3.09. The lowest BCUT2D eigenvalue weighted by atomic mass is 9.68. The van der Waals surface area contributed by atoms with Crippen LogP contribution in [0.5, 0.6) is 0 Å². The van der Waals surface area contributed by atoms with E-state index in [1.165, 1.54) is 11.5 Å². The van der Waals surface area contributed by atoms with Gasteiger partial charge >= 0.3 is 5.97 Å². The standard InChI is InChI=1S/C14H21N3O3S/c1-20-7-5-11-15-13(21-16-11)17-8-10-4-2-3-6-14(10,9-17)12(18)19/h10H,2-9H2,1H3,(H,18,19)/t10-,14-/m0/s1. The number of nitrogens with zero attached hydrogens (tertiary/aromatic N) is 3. The number of fused-ring (bicyclic) bond motifs is 1. The lowest BCUT2D eigenvalue weighted by Crippen LogP contribution is -2.41. The van der Waals surface area contributed by atoms with Gasteiger partial charge < -0.3 is 14.7 Å². The number of anilines is 1. The average molecular weight is 311 g/mol. The third-order valence-electron chi connectivity index (χ3n) is 4.80. The van der Waals surface area contributed by atoms with Gasteiger partial charge in [-0.25, -0.2) is 4.98 Å². The molecule has 1 aromatic heterocycles. The van der Waals surface area contributed by atoms with E-state index in [4.69, 9.17) is 4.74 Å². The second-order valence-corrected chi connectivity index (χ2v) is 6.75. The third-order valence-corrected chi connectivity index (χ3v) is 5.62. The summed E-state index contributed by atoms with van der Waals surface area (Å²) in [5.74, 6) is 0.394. The van der Waals surface area contributed by atoms with Crippen LogP contribution >= 0.6 is 11.5 Å². The highest BCUT2D eigenvalue weighted by Gasteiger charge is 2.53. The van der Waals surface area contributed by atoms with Crippen molar-refractivity contribution in [2.45, 2.75) is 32.1 Å². The molecule has 1 aliphatic heterocycles. The van der Waals surface area contributed by atoms with E-state index in [1.807, 2.05) is 0 Å². The molecule has 1 saturated heterocycles. The van der Waals surface area contributed by atoms with Gasteiger partial charge in [0.1, 0.15) is 5.82 Å². The Bertz CT molecular complexity index is 521. The number of rotatable bonds is 5. The molecule has 6 nitrogen and oxygen atoms in total. The van der Waals surface area contributed by atoms with E-state index in [1.54, 1.807) is 7.11 Å². The predicted octanol–water partition coefficient (Wildman–Crippen LogP) is 1.81. The molecule has 1 N–H and O–H groups in total. The van der Waals surface area contributed by atoms with Crippen molar-refractivity contribution in [2.24, 2.45) is 11.3 Å². The molecule has 1 aromatic rings. The molecule has 1 saturated carbocycles. The van der Waals surface area contributed by atoms with Crippen LogP contribution in [0.25, 0.3) is 0 Å². The van der Waals surface area contributed by atoms with Gasteiger partial charge in [0.05, 0.1) is 12.0 Å². The molecule has 0 aromatic carbocycles. The molecular weight excluding hydrogens is 290 g/mol. The number of carboxylic acid groups (broad SMARTS) is 1. The minimum Gasteiger partial charge on any atom is -0.481 e. The van der Waals surface area contributed by atoms with Crippen LogP contribution in [0.3, 0.4) is 0 Å². The number of carbonyl (C=O) groups is 1. The SMILES string of the molecule is COCCc1nsc(N2C[C@@H]3CCCC[C@]3(C(=O)O)C2)n1. The van der Waals surface area contributed by atoms with Crippen LogP contribution in [0, 0.1) is 11.3 Å². The van der Waals surface area contributed by atoms with Crippen molar-refractivity contribution >= 4 is 22.6 Å². The van der Waals surface area contributed by atoms with E-state index < -0.39 is 11.4 Å². The first-order chi connectivity index (χ1) is 10.2. The molecule has 0 bridgehead atoms. The van der Waals surface area contributed by atoms with Crippen LogP contribution in [0.4, 0.5) is 5.13 Å². The predicted molar refractivity (Wildman–Crippen MR) is 79.7 cm³/mol. The topological polar surface area (TPSA) is 75.5 Å². The first kappa shape index (κ1) is 14.7. The van der Waals surface area contributed by atoms with Gasteiger partial charge in [0.25, 0.3) is 0 Å². The van der Waals surface area contributed by atoms with Gasteiger partial charge in [-0.1, -0.05) is 12.8 Å². The summed E-state index contributed by atoms with van der Waals surface area (Å²) in [7, 11) is 1.66. The van der Waals surface area contributed by atoms with Gasteiger partial charge in [-0.2, -0.15) is 4.37 Å². The Kier molecular flexibility index (Phi) is 4.12. The summed E-state index contributed by atoms with van der Waals surface area (Å²) in [6, 6.07) is 0. The highest BCUT2D eigenvalue weighted by atomic mass is 32.1. The van der Waals surface area contributed by atoms with E-state index in [0.717, 1.165) is 43.2 Å². The number of methoxy groups -OCH3 is 1. The zero-order valence-electron chi connectivity index (χ0n) is 12.2. The highest BCUT2D eigenvalue weighted by Crippen LogP contribution is 2.48. The number of aromatic nitrogens is 2. The Balaban J connectivity index is 1.75. The molecular formula is C14H21N3O3S. The van der Waals surface area contributed by atoms with Crippen LogP contribution in [0.1, 0.15) is 31.5 Å². The summed E-state index contributed by atoms with van der Waals surface area (Å²) < 4.78 is 9.38. The number of hydrogen-bond acceptors (Lipinski definition) is 6. The van der Waals surface area contributed by atoms with Crippen molar-refractivity contribution in [3.8, 4) is 0 Å². The normalized spacial score (nSPS) is 28.6. The van der Waals surface area contributed by atoms with E-state index >= 15 is 0 Å². The molecule has 0 unspecified atom stereocenters. The fourth-order valence-electron chi connectivity index (χ4n) is 3.62. The largest absolute Gasteiger partial charge is 0.481 e. The molecule has 0 amide bonds. The molecule has 21 heavy (non-hydrogen) atoms. The van der Waals surface area contributed by atoms with Gasteiger partial charge in [0.2, 0.25) is 5.13 Å². The van der Waals surface area contributed by atoms with E-state index in [0.29, 0.717) is 19.6 Å². The van der Waals surface area contributed by atoms with Crippen molar-refractivity contribution < 1.29 is 14.6 Å². The molecule has 0 radical (unpaired) electrons. The molecule has 116 valence electrons. The number of hydrogen-bond donors (Lipinski definition) is 1. The van der Waals surface area contributed by atoms with Crippen molar-refractivity contribution in [3.05, 3.63) is 5.82 Å². The second-order valence-electron chi connectivity index (χ2n) is 6.02. The first-order valence-corrected chi connectivity index (χ1v) is 8.23. The van der Waals surface area contributed by atoms with E-state index in [2.05, 4.69) is 14.3 Å². The summed E-state index contributed by atoms with van der Waals surface area (Å²) in [5, 5.41) is 10.6. The first-order valence-electron chi connectivity index (χ1n) is 7.45. The zero-order chi connectivity index (χ0) is 14.9. The van der Waals surface area contributed by atoms with Gasteiger partial charge in [0, 0.05) is 38.2 Å².